The minimum absolute atomic E-state index is 0.00701. The van der Waals surface area contributed by atoms with Crippen molar-refractivity contribution in [2.45, 2.75) is 0 Å². The third kappa shape index (κ3) is 4.07. The Morgan fingerprint density at radius 2 is 1.80 bits per heavy atom. The number of nitrogens with one attached hydrogen (secondary N) is 3. The second kappa shape index (κ2) is 7.67. The van der Waals surface area contributed by atoms with Crippen LogP contribution in [0.15, 0.2) is 54.6 Å². The number of carbonyl (C=O) groups excluding carboxylic acids is 2. The van der Waals surface area contributed by atoms with Crippen LogP contribution in [0.2, 0.25) is 0 Å². The molecule has 0 radical (unpaired) electrons. The molecule has 2 aromatic carbocycles. The highest BCUT2D eigenvalue weighted by Crippen LogP contribution is 2.25. The number of para-hydroxylation sites is 2. The third-order valence-electron chi connectivity index (χ3n) is 3.51. The number of thiophene rings is 1. The molecular weight excluding hydrogens is 338 g/mol. The maximum Gasteiger partial charge on any atom is 0.279 e. The van der Waals surface area contributed by atoms with Crippen LogP contribution in [0.4, 0.5) is 5.69 Å². The van der Waals surface area contributed by atoms with E-state index in [1.165, 1.54) is 11.3 Å². The summed E-state index contributed by atoms with van der Waals surface area (Å²) < 4.78 is 6.22. The van der Waals surface area contributed by atoms with Gasteiger partial charge in [-0.1, -0.05) is 30.3 Å². The Bertz CT molecular complexity index is 874. The van der Waals surface area contributed by atoms with Gasteiger partial charge in [-0.2, -0.15) is 0 Å². The lowest BCUT2D eigenvalue weighted by Gasteiger charge is -2.11. The minimum atomic E-state index is -0.361. The van der Waals surface area contributed by atoms with E-state index in [0.717, 1.165) is 10.1 Å². The fourth-order valence-electron chi connectivity index (χ4n) is 2.29. The highest BCUT2D eigenvalue weighted by molar-refractivity contribution is 7.20. The number of amides is 2. The van der Waals surface area contributed by atoms with Crippen LogP contribution in [-0.2, 0) is 4.79 Å². The summed E-state index contributed by atoms with van der Waals surface area (Å²) in [5.74, 6) is -0.0585. The summed E-state index contributed by atoms with van der Waals surface area (Å²) in [6.07, 6.45) is 0. The molecule has 25 heavy (non-hydrogen) atoms. The number of carbonyl (C=O) groups is 2. The Hall–Kier alpha value is -3.06. The van der Waals surface area contributed by atoms with Gasteiger partial charge >= 0.3 is 0 Å². The van der Waals surface area contributed by atoms with Gasteiger partial charge in [0, 0.05) is 4.70 Å². The zero-order chi connectivity index (χ0) is 17.6. The Morgan fingerprint density at radius 3 is 2.60 bits per heavy atom. The average Bonchev–Trinajstić information content (AvgIpc) is 3.09. The van der Waals surface area contributed by atoms with Crippen LogP contribution in [0.25, 0.3) is 10.1 Å². The maximum atomic E-state index is 12.1. The Balaban J connectivity index is 1.52. The smallest absolute Gasteiger partial charge is 0.279 e. The first-order valence-electron chi connectivity index (χ1n) is 7.62. The predicted molar refractivity (Wildman–Crippen MR) is 98.9 cm³/mol. The van der Waals surface area contributed by atoms with Gasteiger partial charge in [-0.15, -0.1) is 11.3 Å². The summed E-state index contributed by atoms with van der Waals surface area (Å²) in [6, 6.07) is 16.8. The number of hydrogen-bond acceptors (Lipinski definition) is 5. The average molecular weight is 355 g/mol. The number of benzene rings is 2. The van der Waals surface area contributed by atoms with Crippen LogP contribution in [0.1, 0.15) is 9.67 Å². The first kappa shape index (κ1) is 16.8. The Kier molecular flexibility index (Phi) is 5.15. The van der Waals surface area contributed by atoms with Crippen LogP contribution in [0, 0.1) is 0 Å². The quantitative estimate of drug-likeness (QED) is 0.615. The molecule has 0 saturated heterocycles. The summed E-state index contributed by atoms with van der Waals surface area (Å²) in [4.78, 5) is 24.6. The molecule has 0 aliphatic carbocycles. The van der Waals surface area contributed by atoms with Crippen molar-refractivity contribution in [1.29, 1.82) is 0 Å². The van der Waals surface area contributed by atoms with Crippen molar-refractivity contribution >= 4 is 38.9 Å². The summed E-state index contributed by atoms with van der Waals surface area (Å²) in [7, 11) is 1.56. The van der Waals surface area contributed by atoms with Crippen molar-refractivity contribution in [3.63, 3.8) is 0 Å². The van der Waals surface area contributed by atoms with Crippen LogP contribution in [-0.4, -0.2) is 25.5 Å². The van der Waals surface area contributed by atoms with Gasteiger partial charge in [0.25, 0.3) is 11.8 Å². The SMILES string of the molecule is COc1ccccc1NCC(=O)NNC(=O)c1cc2ccccc2s1. The molecule has 7 heteroatoms. The molecule has 0 aliphatic rings. The van der Waals surface area contributed by atoms with Crippen molar-refractivity contribution < 1.29 is 14.3 Å². The first-order chi connectivity index (χ1) is 12.2. The van der Waals surface area contributed by atoms with E-state index in [0.29, 0.717) is 16.3 Å². The number of fused-ring (bicyclic) bond motifs is 1. The molecule has 0 fully saturated rings. The van der Waals surface area contributed by atoms with E-state index in [4.69, 9.17) is 4.74 Å². The van der Waals surface area contributed by atoms with Gasteiger partial charge in [0.05, 0.1) is 24.2 Å². The second-order valence-corrected chi connectivity index (χ2v) is 6.29. The lowest BCUT2D eigenvalue weighted by atomic mass is 10.2. The van der Waals surface area contributed by atoms with E-state index < -0.39 is 0 Å². The lowest BCUT2D eigenvalue weighted by molar-refractivity contribution is -0.120. The van der Waals surface area contributed by atoms with Crippen molar-refractivity contribution in [1.82, 2.24) is 10.9 Å². The molecule has 3 N–H and O–H groups in total. The zero-order valence-corrected chi connectivity index (χ0v) is 14.4. The molecule has 0 unspecified atom stereocenters. The Morgan fingerprint density at radius 1 is 1.04 bits per heavy atom. The van der Waals surface area contributed by atoms with E-state index in [9.17, 15) is 9.59 Å². The van der Waals surface area contributed by atoms with Crippen molar-refractivity contribution in [3.8, 4) is 5.75 Å². The largest absolute Gasteiger partial charge is 0.495 e. The molecule has 0 aliphatic heterocycles. The molecule has 3 aromatic rings. The molecule has 0 bridgehead atoms. The molecule has 6 nitrogen and oxygen atoms in total. The van der Waals surface area contributed by atoms with E-state index in [1.54, 1.807) is 19.2 Å². The minimum Gasteiger partial charge on any atom is -0.495 e. The zero-order valence-electron chi connectivity index (χ0n) is 13.5. The van der Waals surface area contributed by atoms with Crippen molar-refractivity contribution in [2.24, 2.45) is 0 Å². The van der Waals surface area contributed by atoms with Gasteiger partial charge in [-0.25, -0.2) is 0 Å². The number of hydrogen-bond donors (Lipinski definition) is 3. The lowest BCUT2D eigenvalue weighted by Crippen LogP contribution is -2.43. The maximum absolute atomic E-state index is 12.1. The van der Waals surface area contributed by atoms with E-state index in [1.807, 2.05) is 42.5 Å². The molecule has 0 saturated carbocycles. The first-order valence-corrected chi connectivity index (χ1v) is 8.43. The molecule has 0 spiro atoms. The van der Waals surface area contributed by atoms with Gasteiger partial charge in [0.15, 0.2) is 0 Å². The topological polar surface area (TPSA) is 79.5 Å². The van der Waals surface area contributed by atoms with Crippen LogP contribution >= 0.6 is 11.3 Å². The number of rotatable bonds is 5. The highest BCUT2D eigenvalue weighted by Gasteiger charge is 2.11. The predicted octanol–water partition coefficient (Wildman–Crippen LogP) is 2.78. The standard InChI is InChI=1S/C18H17N3O3S/c1-24-14-8-4-3-7-13(14)19-11-17(22)20-21-18(23)16-10-12-6-2-5-9-15(12)25-16/h2-10,19H,11H2,1H3,(H,20,22)(H,21,23). The van der Waals surface area contributed by atoms with E-state index in [2.05, 4.69) is 16.2 Å². The highest BCUT2D eigenvalue weighted by atomic mass is 32.1. The van der Waals surface area contributed by atoms with Crippen molar-refractivity contribution in [2.75, 3.05) is 19.0 Å². The molecule has 1 heterocycles. The molecular formula is C18H17N3O3S. The monoisotopic (exact) mass is 355 g/mol. The van der Waals surface area contributed by atoms with Gasteiger partial charge in [0.1, 0.15) is 5.75 Å². The van der Waals surface area contributed by atoms with E-state index in [-0.39, 0.29) is 18.4 Å². The van der Waals surface area contributed by atoms with Gasteiger partial charge in [-0.3, -0.25) is 20.4 Å². The second-order valence-electron chi connectivity index (χ2n) is 5.20. The summed E-state index contributed by atoms with van der Waals surface area (Å²) in [6.45, 7) is 0.00701. The fraction of sp³-hybridized carbons (Fsp3) is 0.111. The van der Waals surface area contributed by atoms with Crippen LogP contribution < -0.4 is 20.9 Å². The van der Waals surface area contributed by atoms with E-state index >= 15 is 0 Å². The molecule has 1 aromatic heterocycles. The van der Waals surface area contributed by atoms with Crippen molar-refractivity contribution in [3.05, 3.63) is 59.5 Å². The third-order valence-corrected chi connectivity index (χ3v) is 4.63. The molecule has 0 atom stereocenters. The van der Waals surface area contributed by atoms with Crippen LogP contribution in [0.5, 0.6) is 5.75 Å². The van der Waals surface area contributed by atoms with Gasteiger partial charge in [0.2, 0.25) is 0 Å². The summed E-state index contributed by atoms with van der Waals surface area (Å²) >= 11 is 1.38. The number of hydrazine groups is 1. The normalized spacial score (nSPS) is 10.3. The number of anilines is 1. The molecule has 2 amide bonds. The number of methoxy groups -OCH3 is 1. The fourth-order valence-corrected chi connectivity index (χ4v) is 3.25. The van der Waals surface area contributed by atoms with Gasteiger partial charge < -0.3 is 10.1 Å². The molecule has 128 valence electrons. The number of ether oxygens (including phenoxy) is 1. The summed E-state index contributed by atoms with van der Waals surface area (Å²) in [5.41, 5.74) is 5.53. The van der Waals surface area contributed by atoms with Gasteiger partial charge in [-0.05, 0) is 29.7 Å². The molecule has 3 rings (SSSR count). The summed E-state index contributed by atoms with van der Waals surface area (Å²) in [5, 5.41) is 3.96. The van der Waals surface area contributed by atoms with Crippen LogP contribution in [0.3, 0.4) is 0 Å². The Labute approximate surface area is 148 Å².